The molecule has 0 atom stereocenters. The summed E-state index contributed by atoms with van der Waals surface area (Å²) in [5, 5.41) is 0. The second-order valence-electron chi connectivity index (χ2n) is 3.11. The van der Waals surface area contributed by atoms with Gasteiger partial charge in [0.2, 0.25) is 5.69 Å². The van der Waals surface area contributed by atoms with Crippen LogP contribution in [0, 0.1) is 19.8 Å². The minimum Gasteiger partial charge on any atom is -0.343 e. The first-order valence-electron chi connectivity index (χ1n) is 4.55. The number of hydrogen-bond acceptors (Lipinski definition) is 1. The smallest absolute Gasteiger partial charge is 0.343 e. The predicted molar refractivity (Wildman–Crippen MR) is 72.8 cm³/mol. The Morgan fingerprint density at radius 2 is 1.60 bits per heavy atom. The van der Waals surface area contributed by atoms with Crippen molar-refractivity contribution in [3.05, 3.63) is 13.8 Å². The van der Waals surface area contributed by atoms with Crippen molar-refractivity contribution in [1.82, 2.24) is 0 Å². The van der Waals surface area contributed by atoms with Gasteiger partial charge in [0.1, 0.15) is 0 Å². The second-order valence-corrected chi connectivity index (χ2v) is 8.15. The van der Waals surface area contributed by atoms with Crippen LogP contribution < -0.4 is 0 Å². The molecule has 0 fully saturated rings. The van der Waals surface area contributed by atoms with Gasteiger partial charge < -0.3 is 23.6 Å². The molecule has 0 aliphatic heterocycles. The molecule has 2 N–H and O–H groups in total. The van der Waals surface area contributed by atoms with Gasteiger partial charge in [0, 0.05) is 0 Å². The van der Waals surface area contributed by atoms with Crippen LogP contribution in [-0.4, -0.2) is 9.79 Å². The number of thiol groups is 1. The van der Waals surface area contributed by atoms with Crippen molar-refractivity contribution < 1.29 is 29.3 Å². The zero-order valence-corrected chi connectivity index (χ0v) is 15.6. The first-order chi connectivity index (χ1) is 6.15. The summed E-state index contributed by atoms with van der Waals surface area (Å²) >= 11 is 7.07. The maximum absolute atomic E-state index is 7.87. The molecule has 0 aromatic carbocycles. The molecule has 0 heterocycles. The van der Waals surface area contributed by atoms with Crippen LogP contribution in [0.15, 0.2) is 0 Å². The average Bonchev–Trinajstić information content (AvgIpc) is 1.83. The summed E-state index contributed by atoms with van der Waals surface area (Å²) in [6.07, 6.45) is 3.65. The summed E-state index contributed by atoms with van der Waals surface area (Å²) in [5.74, 6) is 0.583. The van der Waals surface area contributed by atoms with E-state index in [9.17, 15) is 0 Å². The molecule has 0 aromatic rings. The SMILES string of the molecule is OP(O)(=S)S.[CH2-]C(C)C.[CH2-]CCCC.[Zn+2]. The standard InChI is InChI=1S/C5H11.C4H9.H3O2PS2.Zn/c1-3-5-4-2;1-4(2)3;1-3(2,4)5;/h1,3-5H2,2H3;4H,1H2,2-3H3;(H3,1,2,4,5);/q2*-1;;+2. The molecule has 15 heavy (non-hydrogen) atoms. The van der Waals surface area contributed by atoms with Crippen molar-refractivity contribution >= 4 is 29.7 Å². The van der Waals surface area contributed by atoms with Gasteiger partial charge in [-0.15, -0.1) is 0 Å². The van der Waals surface area contributed by atoms with Crippen LogP contribution in [0.4, 0.5) is 0 Å². The molecule has 0 rings (SSSR count). The number of unbranched alkanes of at least 4 members (excludes halogenated alkanes) is 2. The van der Waals surface area contributed by atoms with E-state index >= 15 is 0 Å². The first-order valence-corrected chi connectivity index (χ1v) is 8.41. The maximum atomic E-state index is 7.87. The van der Waals surface area contributed by atoms with E-state index in [4.69, 9.17) is 9.79 Å². The van der Waals surface area contributed by atoms with Crippen molar-refractivity contribution in [2.24, 2.45) is 5.92 Å². The van der Waals surface area contributed by atoms with Crippen LogP contribution in [0.5, 0.6) is 0 Å². The Hall–Kier alpha value is 1.54. The Kier molecular flexibility index (Phi) is 30.4. The normalized spacial score (nSPS) is 9.13. The fourth-order valence-electron chi connectivity index (χ4n) is 0.250. The van der Waals surface area contributed by atoms with Gasteiger partial charge in [0.25, 0.3) is 0 Å². The molecule has 0 saturated carbocycles. The van der Waals surface area contributed by atoms with E-state index in [0.717, 1.165) is 6.42 Å². The molecular weight excluding hydrogens is 301 g/mol. The molecule has 0 spiro atoms. The molecule has 0 aliphatic carbocycles. The Bertz CT molecular complexity index is 127. The van der Waals surface area contributed by atoms with Gasteiger partial charge in [-0.2, -0.15) is 12.3 Å². The zero-order valence-electron chi connectivity index (χ0n) is 10.0. The molecule has 0 radical (unpaired) electrons. The molecule has 0 aromatic heterocycles. The van der Waals surface area contributed by atoms with Crippen molar-refractivity contribution in [3.63, 3.8) is 0 Å². The molecule has 90 valence electrons. The van der Waals surface area contributed by atoms with Gasteiger partial charge in [-0.05, 0) is 11.8 Å². The van der Waals surface area contributed by atoms with Gasteiger partial charge >= 0.3 is 19.5 Å². The summed E-state index contributed by atoms with van der Waals surface area (Å²) in [4.78, 5) is 15.7. The van der Waals surface area contributed by atoms with Crippen molar-refractivity contribution in [1.29, 1.82) is 0 Å². The van der Waals surface area contributed by atoms with Crippen molar-refractivity contribution in [2.75, 3.05) is 0 Å². The minimum absolute atomic E-state index is 0. The summed E-state index contributed by atoms with van der Waals surface area (Å²) < 4.78 is 0. The second kappa shape index (κ2) is 17.9. The van der Waals surface area contributed by atoms with E-state index in [2.05, 4.69) is 58.7 Å². The third kappa shape index (κ3) is 227. The van der Waals surface area contributed by atoms with E-state index in [1.54, 1.807) is 0 Å². The molecule has 0 saturated heterocycles. The van der Waals surface area contributed by atoms with Crippen molar-refractivity contribution in [2.45, 2.75) is 40.0 Å². The third-order valence-corrected chi connectivity index (χ3v) is 0.604. The summed E-state index contributed by atoms with van der Waals surface area (Å²) in [7, 11) is 0. The van der Waals surface area contributed by atoms with Crippen LogP contribution in [0.25, 0.3) is 0 Å². The zero-order chi connectivity index (χ0) is 12.2. The number of hydrogen-bond donors (Lipinski definition) is 3. The Labute approximate surface area is 118 Å². The van der Waals surface area contributed by atoms with Crippen molar-refractivity contribution in [3.8, 4) is 0 Å². The van der Waals surface area contributed by atoms with Gasteiger partial charge in [0.15, 0.2) is 0 Å². The minimum atomic E-state index is -3.11. The predicted octanol–water partition coefficient (Wildman–Crippen LogP) is 3.61. The van der Waals surface area contributed by atoms with E-state index in [-0.39, 0.29) is 19.5 Å². The van der Waals surface area contributed by atoms with E-state index in [1.807, 2.05) is 0 Å². The quantitative estimate of drug-likeness (QED) is 0.315. The van der Waals surface area contributed by atoms with Crippen LogP contribution in [0.1, 0.15) is 40.0 Å². The maximum Gasteiger partial charge on any atom is 2.00 e. The first kappa shape index (κ1) is 25.4. The van der Waals surface area contributed by atoms with Crippen LogP contribution >= 0.6 is 17.9 Å². The Balaban J connectivity index is -0.0000000590. The Morgan fingerprint density at radius 3 is 1.60 bits per heavy atom. The van der Waals surface area contributed by atoms with Crippen LogP contribution in [0.3, 0.4) is 0 Å². The summed E-state index contributed by atoms with van der Waals surface area (Å²) in [6.45, 7) is 13.6. The van der Waals surface area contributed by atoms with Gasteiger partial charge in [-0.3, -0.25) is 0 Å². The molecule has 0 aliphatic rings. The monoisotopic (exact) mass is 322 g/mol. The van der Waals surface area contributed by atoms with Gasteiger partial charge in [-0.25, -0.2) is 0 Å². The molecule has 0 amide bonds. The summed E-state index contributed by atoms with van der Waals surface area (Å²) in [6, 6.07) is 0. The third-order valence-electron chi connectivity index (χ3n) is 0.604. The fourth-order valence-corrected chi connectivity index (χ4v) is 0.250. The fraction of sp³-hybridized carbons (Fsp3) is 0.778. The van der Waals surface area contributed by atoms with Gasteiger partial charge in [0.05, 0.1) is 0 Å². The summed E-state index contributed by atoms with van der Waals surface area (Å²) in [5.41, 5.74) is -3.11. The molecule has 6 heteroatoms. The van der Waals surface area contributed by atoms with E-state index < -0.39 is 5.69 Å². The van der Waals surface area contributed by atoms with E-state index in [0.29, 0.717) is 5.92 Å². The average molecular weight is 324 g/mol. The molecular formula is C9H23O2PS2Zn. The van der Waals surface area contributed by atoms with E-state index in [1.165, 1.54) is 12.8 Å². The topological polar surface area (TPSA) is 40.5 Å². The Morgan fingerprint density at radius 1 is 1.40 bits per heavy atom. The van der Waals surface area contributed by atoms with Crippen LogP contribution in [-0.2, 0) is 31.3 Å². The largest absolute Gasteiger partial charge is 2.00 e. The molecule has 0 bridgehead atoms. The van der Waals surface area contributed by atoms with Crippen LogP contribution in [0.2, 0.25) is 0 Å². The van der Waals surface area contributed by atoms with Gasteiger partial charge in [-0.1, -0.05) is 45.9 Å². The molecule has 0 unspecified atom stereocenters. The molecule has 2 nitrogen and oxygen atoms in total. The number of rotatable bonds is 2.